The molecule has 0 amide bonds. The number of nitrogens with one attached hydrogen (secondary N) is 1. The van der Waals surface area contributed by atoms with E-state index in [-0.39, 0.29) is 12.5 Å². The van der Waals surface area contributed by atoms with Gasteiger partial charge in [-0.25, -0.2) is 0 Å². The minimum atomic E-state index is 0.106. The highest BCUT2D eigenvalue weighted by Gasteiger charge is 2.08. The van der Waals surface area contributed by atoms with Gasteiger partial charge >= 0.3 is 0 Å². The lowest BCUT2D eigenvalue weighted by Gasteiger charge is -2.15. The van der Waals surface area contributed by atoms with Crippen molar-refractivity contribution in [2.75, 3.05) is 40.1 Å². The van der Waals surface area contributed by atoms with E-state index in [1.165, 1.54) is 0 Å². The summed E-state index contributed by atoms with van der Waals surface area (Å²) in [6.45, 7) is 7.33. The topological polar surface area (TPSA) is 60.0 Å². The van der Waals surface area contributed by atoms with Crippen molar-refractivity contribution in [2.24, 2.45) is 5.92 Å². The molecule has 0 saturated carbocycles. The van der Waals surface area contributed by atoms with E-state index < -0.39 is 0 Å². The summed E-state index contributed by atoms with van der Waals surface area (Å²) in [6.07, 6.45) is 0. The maximum absolute atomic E-state index is 9.04. The van der Waals surface area contributed by atoms with Crippen LogP contribution in [0, 0.1) is 5.92 Å². The van der Waals surface area contributed by atoms with E-state index in [4.69, 9.17) is 19.3 Å². The van der Waals surface area contributed by atoms with Gasteiger partial charge in [0.05, 0.1) is 19.8 Å². The van der Waals surface area contributed by atoms with Crippen LogP contribution in [0.4, 0.5) is 0 Å². The minimum absolute atomic E-state index is 0.106. The van der Waals surface area contributed by atoms with Gasteiger partial charge in [0.15, 0.2) is 11.5 Å². The first-order valence-electron chi connectivity index (χ1n) is 7.40. The van der Waals surface area contributed by atoms with Gasteiger partial charge in [-0.15, -0.1) is 0 Å². The molecular formula is C16H27NO4. The molecule has 0 spiro atoms. The fourth-order valence-electron chi connectivity index (χ4n) is 1.74. The van der Waals surface area contributed by atoms with Gasteiger partial charge in [0, 0.05) is 32.7 Å². The highest BCUT2D eigenvalue weighted by molar-refractivity contribution is 5.43. The van der Waals surface area contributed by atoms with Crippen LogP contribution in [-0.2, 0) is 11.3 Å². The maximum atomic E-state index is 9.04. The zero-order chi connectivity index (χ0) is 15.5. The molecule has 5 heteroatoms. The van der Waals surface area contributed by atoms with Crippen molar-refractivity contribution in [1.29, 1.82) is 0 Å². The Bertz CT molecular complexity index is 398. The van der Waals surface area contributed by atoms with Gasteiger partial charge in [-0.2, -0.15) is 0 Å². The van der Waals surface area contributed by atoms with Crippen molar-refractivity contribution in [2.45, 2.75) is 20.4 Å². The number of hydrogen-bond donors (Lipinski definition) is 2. The molecule has 0 fully saturated rings. The number of rotatable bonds is 11. The first-order valence-corrected chi connectivity index (χ1v) is 7.40. The highest BCUT2D eigenvalue weighted by Crippen LogP contribution is 2.28. The summed E-state index contributed by atoms with van der Waals surface area (Å²) in [5, 5.41) is 12.3. The lowest BCUT2D eigenvalue weighted by atomic mass is 10.2. The molecule has 0 aliphatic carbocycles. The molecule has 1 rings (SSSR count). The molecule has 0 aromatic heterocycles. The third-order valence-corrected chi connectivity index (χ3v) is 2.96. The van der Waals surface area contributed by atoms with E-state index >= 15 is 0 Å². The van der Waals surface area contributed by atoms with E-state index in [1.807, 2.05) is 32.0 Å². The number of aliphatic hydroxyl groups excluding tert-OH is 1. The number of hydrogen-bond acceptors (Lipinski definition) is 5. The van der Waals surface area contributed by atoms with Gasteiger partial charge in [0.25, 0.3) is 0 Å². The Hall–Kier alpha value is -1.30. The predicted molar refractivity (Wildman–Crippen MR) is 82.9 cm³/mol. The van der Waals surface area contributed by atoms with Gasteiger partial charge in [0.2, 0.25) is 0 Å². The van der Waals surface area contributed by atoms with Gasteiger partial charge < -0.3 is 24.6 Å². The van der Waals surface area contributed by atoms with Gasteiger partial charge in [-0.05, 0) is 24.6 Å². The monoisotopic (exact) mass is 297 g/mol. The molecule has 1 aromatic rings. The summed E-state index contributed by atoms with van der Waals surface area (Å²) < 4.78 is 16.3. The van der Waals surface area contributed by atoms with E-state index in [0.717, 1.165) is 30.2 Å². The van der Waals surface area contributed by atoms with E-state index in [1.54, 1.807) is 7.11 Å². The standard InChI is InChI=1S/C16H27NO4/c1-4-20-16-9-14(10-17-7-8-19-3)5-6-15(16)21-12-13(2)11-18/h5-6,9,13,17-18H,4,7-8,10-12H2,1-3H3. The molecule has 0 aliphatic heterocycles. The van der Waals surface area contributed by atoms with E-state index in [0.29, 0.717) is 19.8 Å². The SMILES string of the molecule is CCOc1cc(CNCCOC)ccc1OCC(C)CO. The largest absolute Gasteiger partial charge is 0.490 e. The van der Waals surface area contributed by atoms with Crippen LogP contribution in [-0.4, -0.2) is 45.2 Å². The average Bonchev–Trinajstić information content (AvgIpc) is 2.50. The van der Waals surface area contributed by atoms with Gasteiger partial charge in [-0.3, -0.25) is 0 Å². The Kier molecular flexibility index (Phi) is 8.82. The Morgan fingerprint density at radius 1 is 1.24 bits per heavy atom. The van der Waals surface area contributed by atoms with E-state index in [9.17, 15) is 0 Å². The molecule has 5 nitrogen and oxygen atoms in total. The first kappa shape index (κ1) is 17.8. The third-order valence-electron chi connectivity index (χ3n) is 2.96. The lowest BCUT2D eigenvalue weighted by Crippen LogP contribution is -2.18. The van der Waals surface area contributed by atoms with Crippen molar-refractivity contribution >= 4 is 0 Å². The van der Waals surface area contributed by atoms with Crippen LogP contribution >= 0.6 is 0 Å². The van der Waals surface area contributed by atoms with Crippen molar-refractivity contribution in [3.05, 3.63) is 23.8 Å². The van der Waals surface area contributed by atoms with Crippen LogP contribution in [0.1, 0.15) is 19.4 Å². The van der Waals surface area contributed by atoms with Gasteiger partial charge in [-0.1, -0.05) is 13.0 Å². The molecular weight excluding hydrogens is 270 g/mol. The van der Waals surface area contributed by atoms with Crippen molar-refractivity contribution in [1.82, 2.24) is 5.32 Å². The molecule has 0 radical (unpaired) electrons. The fraction of sp³-hybridized carbons (Fsp3) is 0.625. The summed E-state index contributed by atoms with van der Waals surface area (Å²) in [4.78, 5) is 0. The number of ether oxygens (including phenoxy) is 3. The average molecular weight is 297 g/mol. The molecule has 0 bridgehead atoms. The number of methoxy groups -OCH3 is 1. The Balaban J connectivity index is 2.62. The Morgan fingerprint density at radius 2 is 2.05 bits per heavy atom. The van der Waals surface area contributed by atoms with Gasteiger partial charge in [0.1, 0.15) is 0 Å². The highest BCUT2D eigenvalue weighted by atomic mass is 16.5. The smallest absolute Gasteiger partial charge is 0.161 e. The molecule has 1 aromatic carbocycles. The van der Waals surface area contributed by atoms with Crippen LogP contribution in [0.25, 0.3) is 0 Å². The van der Waals surface area contributed by atoms with E-state index in [2.05, 4.69) is 5.32 Å². The lowest BCUT2D eigenvalue weighted by molar-refractivity contribution is 0.170. The molecule has 120 valence electrons. The molecule has 0 aliphatic rings. The molecule has 0 saturated heterocycles. The minimum Gasteiger partial charge on any atom is -0.490 e. The quantitative estimate of drug-likeness (QED) is 0.610. The normalized spacial score (nSPS) is 12.2. The van der Waals surface area contributed by atoms with Crippen molar-refractivity contribution in [3.63, 3.8) is 0 Å². The second kappa shape index (κ2) is 10.4. The third kappa shape index (κ3) is 6.80. The van der Waals surface area contributed by atoms with Crippen LogP contribution in [0.15, 0.2) is 18.2 Å². The van der Waals surface area contributed by atoms with Crippen LogP contribution in [0.5, 0.6) is 11.5 Å². The first-order chi connectivity index (χ1) is 10.2. The van der Waals surface area contributed by atoms with Crippen LogP contribution in [0.2, 0.25) is 0 Å². The van der Waals surface area contributed by atoms with Crippen LogP contribution < -0.4 is 14.8 Å². The molecule has 1 atom stereocenters. The zero-order valence-electron chi connectivity index (χ0n) is 13.2. The Labute approximate surface area is 127 Å². The summed E-state index contributed by atoms with van der Waals surface area (Å²) in [7, 11) is 1.69. The molecule has 21 heavy (non-hydrogen) atoms. The van der Waals surface area contributed by atoms with Crippen molar-refractivity contribution in [3.8, 4) is 11.5 Å². The number of aliphatic hydroxyl groups is 1. The Morgan fingerprint density at radius 3 is 2.71 bits per heavy atom. The second-order valence-corrected chi connectivity index (χ2v) is 4.98. The fourth-order valence-corrected chi connectivity index (χ4v) is 1.74. The summed E-state index contributed by atoms with van der Waals surface area (Å²) in [5.74, 6) is 1.57. The summed E-state index contributed by atoms with van der Waals surface area (Å²) in [6, 6.07) is 5.92. The molecule has 2 N–H and O–H groups in total. The summed E-state index contributed by atoms with van der Waals surface area (Å²) in [5.41, 5.74) is 1.14. The summed E-state index contributed by atoms with van der Waals surface area (Å²) >= 11 is 0. The predicted octanol–water partition coefficient (Wildman–Crippen LogP) is 1.83. The molecule has 0 heterocycles. The van der Waals surface area contributed by atoms with Crippen molar-refractivity contribution < 1.29 is 19.3 Å². The zero-order valence-corrected chi connectivity index (χ0v) is 13.2. The maximum Gasteiger partial charge on any atom is 0.161 e. The number of benzene rings is 1. The second-order valence-electron chi connectivity index (χ2n) is 4.98. The van der Waals surface area contributed by atoms with Crippen LogP contribution in [0.3, 0.4) is 0 Å². The molecule has 1 unspecified atom stereocenters.